The van der Waals surface area contributed by atoms with Gasteiger partial charge in [0.05, 0.1) is 42.5 Å². The van der Waals surface area contributed by atoms with Crippen LogP contribution in [0.4, 0.5) is 0 Å². The van der Waals surface area contributed by atoms with E-state index in [1.54, 1.807) is 35.9 Å². The predicted octanol–water partition coefficient (Wildman–Crippen LogP) is 5.00. The maximum absolute atomic E-state index is 13.5. The number of para-hydroxylation sites is 1. The standard InChI is InChI=1S/C26H24N2O4S/c1-17(18-9-5-4-6-10-18)28-25(30)20-11-7-8-12-22(20)27-26(28)33-16-23(29)21-15-19(31-2)13-14-24(21)32-3/h4-15,17H,16H2,1-3H3. The second-order valence-electron chi connectivity index (χ2n) is 7.45. The van der Waals surface area contributed by atoms with Crippen LogP contribution < -0.4 is 15.0 Å². The van der Waals surface area contributed by atoms with Crippen LogP contribution in [0.25, 0.3) is 10.9 Å². The van der Waals surface area contributed by atoms with E-state index in [0.29, 0.717) is 33.1 Å². The molecule has 0 aliphatic carbocycles. The van der Waals surface area contributed by atoms with Crippen LogP contribution in [0.1, 0.15) is 28.9 Å². The highest BCUT2D eigenvalue weighted by molar-refractivity contribution is 7.99. The van der Waals surface area contributed by atoms with Crippen LogP contribution in [0.5, 0.6) is 11.5 Å². The number of Topliss-reactive ketones (excluding diaryl/α,β-unsaturated/α-hetero) is 1. The Balaban J connectivity index is 1.73. The van der Waals surface area contributed by atoms with Crippen molar-refractivity contribution in [2.24, 2.45) is 0 Å². The number of methoxy groups -OCH3 is 2. The number of thioether (sulfide) groups is 1. The van der Waals surface area contributed by atoms with Crippen LogP contribution in [0, 0.1) is 0 Å². The number of benzene rings is 3. The van der Waals surface area contributed by atoms with Crippen molar-refractivity contribution < 1.29 is 14.3 Å². The van der Waals surface area contributed by atoms with Crippen molar-refractivity contribution in [2.75, 3.05) is 20.0 Å². The SMILES string of the molecule is COc1ccc(OC)c(C(=O)CSc2nc3ccccc3c(=O)n2C(C)c2ccccc2)c1. The Morgan fingerprint density at radius 1 is 1.00 bits per heavy atom. The molecule has 0 aliphatic rings. The predicted molar refractivity (Wildman–Crippen MR) is 131 cm³/mol. The largest absolute Gasteiger partial charge is 0.497 e. The quantitative estimate of drug-likeness (QED) is 0.209. The van der Waals surface area contributed by atoms with E-state index >= 15 is 0 Å². The molecule has 0 saturated heterocycles. The van der Waals surface area contributed by atoms with Crippen molar-refractivity contribution >= 4 is 28.4 Å². The van der Waals surface area contributed by atoms with E-state index in [1.807, 2.05) is 55.5 Å². The number of ether oxygens (including phenoxy) is 2. The third-order valence-electron chi connectivity index (χ3n) is 5.48. The van der Waals surface area contributed by atoms with Gasteiger partial charge in [-0.1, -0.05) is 54.2 Å². The second-order valence-corrected chi connectivity index (χ2v) is 8.39. The molecule has 1 unspecified atom stereocenters. The summed E-state index contributed by atoms with van der Waals surface area (Å²) < 4.78 is 12.3. The normalized spacial score (nSPS) is 11.8. The number of fused-ring (bicyclic) bond motifs is 1. The maximum atomic E-state index is 13.5. The van der Waals surface area contributed by atoms with Crippen molar-refractivity contribution in [2.45, 2.75) is 18.1 Å². The molecule has 0 amide bonds. The zero-order valence-corrected chi connectivity index (χ0v) is 19.5. The summed E-state index contributed by atoms with van der Waals surface area (Å²) in [6.07, 6.45) is 0. The zero-order chi connectivity index (χ0) is 23.4. The molecule has 33 heavy (non-hydrogen) atoms. The lowest BCUT2D eigenvalue weighted by atomic mass is 10.1. The molecule has 0 bridgehead atoms. The van der Waals surface area contributed by atoms with Gasteiger partial charge in [-0.25, -0.2) is 4.98 Å². The Labute approximate surface area is 196 Å². The van der Waals surface area contributed by atoms with E-state index in [2.05, 4.69) is 0 Å². The van der Waals surface area contributed by atoms with Gasteiger partial charge in [0.15, 0.2) is 10.9 Å². The molecule has 0 fully saturated rings. The van der Waals surface area contributed by atoms with E-state index in [-0.39, 0.29) is 23.1 Å². The van der Waals surface area contributed by atoms with Crippen molar-refractivity contribution in [1.82, 2.24) is 9.55 Å². The van der Waals surface area contributed by atoms with Crippen LogP contribution in [0.15, 0.2) is 82.7 Å². The highest BCUT2D eigenvalue weighted by atomic mass is 32.2. The van der Waals surface area contributed by atoms with E-state index in [9.17, 15) is 9.59 Å². The minimum absolute atomic E-state index is 0.0931. The number of hydrogen-bond acceptors (Lipinski definition) is 6. The van der Waals surface area contributed by atoms with E-state index in [4.69, 9.17) is 14.5 Å². The molecule has 0 spiro atoms. The number of nitrogens with zero attached hydrogens (tertiary/aromatic N) is 2. The molecule has 4 rings (SSSR count). The average molecular weight is 461 g/mol. The monoisotopic (exact) mass is 460 g/mol. The Bertz CT molecular complexity index is 1350. The molecule has 1 heterocycles. The molecule has 0 N–H and O–H groups in total. The highest BCUT2D eigenvalue weighted by Gasteiger charge is 2.20. The summed E-state index contributed by atoms with van der Waals surface area (Å²) in [5, 5.41) is 1.04. The van der Waals surface area contributed by atoms with Gasteiger partial charge in [0.2, 0.25) is 0 Å². The Kier molecular flexibility index (Phi) is 6.79. The van der Waals surface area contributed by atoms with Crippen molar-refractivity contribution in [1.29, 1.82) is 0 Å². The number of carbonyl (C=O) groups excluding carboxylic acids is 1. The van der Waals surface area contributed by atoms with Crippen molar-refractivity contribution in [3.63, 3.8) is 0 Å². The van der Waals surface area contributed by atoms with E-state index < -0.39 is 0 Å². The molecule has 1 atom stereocenters. The fourth-order valence-electron chi connectivity index (χ4n) is 3.69. The first-order chi connectivity index (χ1) is 16.0. The molecule has 0 aliphatic heterocycles. The summed E-state index contributed by atoms with van der Waals surface area (Å²) in [6.45, 7) is 1.96. The lowest BCUT2D eigenvalue weighted by molar-refractivity contribution is 0.101. The molecule has 0 radical (unpaired) electrons. The van der Waals surface area contributed by atoms with Crippen molar-refractivity contribution in [3.05, 3.63) is 94.3 Å². The number of hydrogen-bond donors (Lipinski definition) is 0. The minimum Gasteiger partial charge on any atom is -0.497 e. The molecule has 0 saturated carbocycles. The van der Waals surface area contributed by atoms with Crippen LogP contribution in [-0.4, -0.2) is 35.3 Å². The zero-order valence-electron chi connectivity index (χ0n) is 18.6. The number of aromatic nitrogens is 2. The van der Waals surface area contributed by atoms with Crippen LogP contribution >= 0.6 is 11.8 Å². The molecular formula is C26H24N2O4S. The number of ketones is 1. The Morgan fingerprint density at radius 2 is 1.73 bits per heavy atom. The third-order valence-corrected chi connectivity index (χ3v) is 6.44. The molecule has 7 heteroatoms. The van der Waals surface area contributed by atoms with Gasteiger partial charge in [0, 0.05) is 0 Å². The first-order valence-corrected chi connectivity index (χ1v) is 11.5. The summed E-state index contributed by atoms with van der Waals surface area (Å²) in [4.78, 5) is 31.3. The summed E-state index contributed by atoms with van der Waals surface area (Å²) in [5.74, 6) is 0.998. The number of rotatable bonds is 8. The molecule has 4 aromatic rings. The smallest absolute Gasteiger partial charge is 0.262 e. The molecule has 3 aromatic carbocycles. The third kappa shape index (κ3) is 4.64. The van der Waals surface area contributed by atoms with Crippen molar-refractivity contribution in [3.8, 4) is 11.5 Å². The van der Waals surface area contributed by atoms with Gasteiger partial charge in [-0.3, -0.25) is 14.2 Å². The minimum atomic E-state index is -0.250. The fourth-order valence-corrected chi connectivity index (χ4v) is 4.65. The molecule has 168 valence electrons. The van der Waals surface area contributed by atoms with Crippen LogP contribution in [0.2, 0.25) is 0 Å². The topological polar surface area (TPSA) is 70.4 Å². The van der Waals surface area contributed by atoms with E-state index in [1.165, 1.54) is 18.9 Å². The van der Waals surface area contributed by atoms with Crippen LogP contribution in [0.3, 0.4) is 0 Å². The lowest BCUT2D eigenvalue weighted by Crippen LogP contribution is -2.27. The Hall–Kier alpha value is -3.58. The molecular weight excluding hydrogens is 436 g/mol. The lowest BCUT2D eigenvalue weighted by Gasteiger charge is -2.20. The first kappa shape index (κ1) is 22.6. The molecule has 1 aromatic heterocycles. The summed E-state index contributed by atoms with van der Waals surface area (Å²) in [6, 6.07) is 21.9. The molecule has 6 nitrogen and oxygen atoms in total. The highest BCUT2D eigenvalue weighted by Crippen LogP contribution is 2.28. The number of carbonyl (C=O) groups is 1. The fraction of sp³-hybridized carbons (Fsp3) is 0.192. The van der Waals surface area contributed by atoms with E-state index in [0.717, 1.165) is 5.56 Å². The van der Waals surface area contributed by atoms with Gasteiger partial charge in [0.25, 0.3) is 5.56 Å². The maximum Gasteiger partial charge on any atom is 0.262 e. The summed E-state index contributed by atoms with van der Waals surface area (Å²) in [7, 11) is 3.07. The van der Waals surface area contributed by atoms with Gasteiger partial charge in [-0.2, -0.15) is 0 Å². The second kappa shape index (κ2) is 9.92. The first-order valence-electron chi connectivity index (χ1n) is 10.5. The van der Waals surface area contributed by atoms with Gasteiger partial charge >= 0.3 is 0 Å². The van der Waals surface area contributed by atoms with Crippen LogP contribution in [-0.2, 0) is 0 Å². The average Bonchev–Trinajstić information content (AvgIpc) is 2.87. The van der Waals surface area contributed by atoms with Gasteiger partial charge < -0.3 is 9.47 Å². The van der Waals surface area contributed by atoms with Gasteiger partial charge in [-0.05, 0) is 42.8 Å². The summed E-state index contributed by atoms with van der Waals surface area (Å²) in [5.41, 5.74) is 1.88. The van der Waals surface area contributed by atoms with Gasteiger partial charge in [-0.15, -0.1) is 0 Å². The van der Waals surface area contributed by atoms with Gasteiger partial charge in [0.1, 0.15) is 11.5 Å². The summed E-state index contributed by atoms with van der Waals surface area (Å²) >= 11 is 1.24. The Morgan fingerprint density at radius 3 is 2.45 bits per heavy atom.